The van der Waals surface area contributed by atoms with Crippen molar-refractivity contribution in [3.8, 4) is 0 Å². The van der Waals surface area contributed by atoms with Crippen molar-refractivity contribution in [3.05, 3.63) is 0 Å². The van der Waals surface area contributed by atoms with Gasteiger partial charge >= 0.3 is 6.18 Å². The molecule has 0 amide bonds. The number of likely N-dealkylation sites (tertiary alicyclic amines) is 2. The Bertz CT molecular complexity index is 349. The fourth-order valence-electron chi connectivity index (χ4n) is 3.08. The number of guanidine groups is 1. The van der Waals surface area contributed by atoms with Gasteiger partial charge in [0.05, 0.1) is 6.54 Å². The van der Waals surface area contributed by atoms with E-state index in [2.05, 4.69) is 9.89 Å². The van der Waals surface area contributed by atoms with Gasteiger partial charge in [-0.15, -0.1) is 0 Å². The summed E-state index contributed by atoms with van der Waals surface area (Å²) in [5, 5.41) is 0. The van der Waals surface area contributed by atoms with Crippen molar-refractivity contribution in [2.24, 2.45) is 16.6 Å². The molecule has 0 spiro atoms. The van der Waals surface area contributed by atoms with Crippen LogP contribution in [0.25, 0.3) is 0 Å². The van der Waals surface area contributed by atoms with Crippen LogP contribution in [0.3, 0.4) is 0 Å². The van der Waals surface area contributed by atoms with Gasteiger partial charge in [-0.1, -0.05) is 12.8 Å². The molecule has 2 N–H and O–H groups in total. The van der Waals surface area contributed by atoms with E-state index >= 15 is 0 Å². The summed E-state index contributed by atoms with van der Waals surface area (Å²) >= 11 is 0. The van der Waals surface area contributed by atoms with Gasteiger partial charge in [0.1, 0.15) is 0 Å². The van der Waals surface area contributed by atoms with Crippen LogP contribution in [0.1, 0.15) is 32.1 Å². The molecule has 2 aliphatic rings. The predicted molar refractivity (Wildman–Crippen MR) is 77.1 cm³/mol. The molecular weight excluding hydrogens is 281 g/mol. The van der Waals surface area contributed by atoms with Crippen molar-refractivity contribution in [2.75, 3.05) is 39.3 Å². The fourth-order valence-corrected chi connectivity index (χ4v) is 3.08. The highest BCUT2D eigenvalue weighted by molar-refractivity contribution is 5.78. The van der Waals surface area contributed by atoms with E-state index in [9.17, 15) is 13.2 Å². The average Bonchev–Trinajstić information content (AvgIpc) is 2.66. The lowest BCUT2D eigenvalue weighted by atomic mass is 10.1. The monoisotopic (exact) mass is 306 g/mol. The van der Waals surface area contributed by atoms with Gasteiger partial charge in [-0.25, -0.2) is 0 Å². The number of aliphatic imine (C=N–C) groups is 1. The molecule has 2 aliphatic heterocycles. The zero-order chi connectivity index (χ0) is 15.3. The molecule has 122 valence electrons. The predicted octanol–water partition coefficient (Wildman–Crippen LogP) is 2.06. The molecule has 0 aliphatic carbocycles. The maximum Gasteiger partial charge on any atom is 0.401 e. The molecule has 1 atom stereocenters. The molecule has 0 radical (unpaired) electrons. The summed E-state index contributed by atoms with van der Waals surface area (Å²) in [5.74, 6) is 0.754. The Morgan fingerprint density at radius 2 is 1.76 bits per heavy atom. The van der Waals surface area contributed by atoms with Crippen LogP contribution in [0.15, 0.2) is 4.99 Å². The van der Waals surface area contributed by atoms with Gasteiger partial charge in [0.15, 0.2) is 5.96 Å². The van der Waals surface area contributed by atoms with E-state index in [0.29, 0.717) is 25.6 Å². The van der Waals surface area contributed by atoms with Gasteiger partial charge in [0.2, 0.25) is 0 Å². The van der Waals surface area contributed by atoms with Crippen molar-refractivity contribution in [3.63, 3.8) is 0 Å². The third-order valence-electron chi connectivity index (χ3n) is 4.21. The number of halogens is 3. The maximum absolute atomic E-state index is 12.3. The number of nitrogens with zero attached hydrogens (tertiary/aromatic N) is 3. The Morgan fingerprint density at radius 1 is 1.10 bits per heavy atom. The van der Waals surface area contributed by atoms with Crippen LogP contribution >= 0.6 is 0 Å². The highest BCUT2D eigenvalue weighted by atomic mass is 19.4. The zero-order valence-electron chi connectivity index (χ0n) is 12.4. The first-order valence-electron chi connectivity index (χ1n) is 7.78. The van der Waals surface area contributed by atoms with Crippen molar-refractivity contribution >= 4 is 5.96 Å². The number of nitrogens with two attached hydrogens (primary N) is 1. The van der Waals surface area contributed by atoms with E-state index in [-0.39, 0.29) is 5.92 Å². The van der Waals surface area contributed by atoms with Crippen LogP contribution in [-0.4, -0.2) is 61.2 Å². The molecule has 2 rings (SSSR count). The van der Waals surface area contributed by atoms with Gasteiger partial charge in [-0.3, -0.25) is 9.89 Å². The van der Waals surface area contributed by atoms with Gasteiger partial charge in [-0.2, -0.15) is 13.2 Å². The van der Waals surface area contributed by atoms with E-state index in [1.165, 1.54) is 17.7 Å². The molecule has 0 aromatic heterocycles. The zero-order valence-corrected chi connectivity index (χ0v) is 12.4. The van der Waals surface area contributed by atoms with Crippen LogP contribution in [0.4, 0.5) is 13.2 Å². The molecule has 0 saturated carbocycles. The molecule has 21 heavy (non-hydrogen) atoms. The van der Waals surface area contributed by atoms with Crippen LogP contribution < -0.4 is 5.73 Å². The quantitative estimate of drug-likeness (QED) is 0.641. The first-order valence-corrected chi connectivity index (χ1v) is 7.78. The van der Waals surface area contributed by atoms with E-state index in [0.717, 1.165) is 32.4 Å². The number of alkyl halides is 3. The highest BCUT2D eigenvalue weighted by Crippen LogP contribution is 2.23. The van der Waals surface area contributed by atoms with E-state index in [1.54, 1.807) is 0 Å². The van der Waals surface area contributed by atoms with Gasteiger partial charge in [-0.05, 0) is 31.7 Å². The Labute approximate surface area is 124 Å². The summed E-state index contributed by atoms with van der Waals surface area (Å²) < 4.78 is 37.0. The van der Waals surface area contributed by atoms with Gasteiger partial charge in [0.25, 0.3) is 0 Å². The van der Waals surface area contributed by atoms with Crippen LogP contribution in [0.2, 0.25) is 0 Å². The van der Waals surface area contributed by atoms with Crippen LogP contribution in [-0.2, 0) is 0 Å². The third kappa shape index (κ3) is 5.73. The first-order chi connectivity index (χ1) is 9.94. The molecule has 0 aromatic rings. The summed E-state index contributed by atoms with van der Waals surface area (Å²) in [6.07, 6.45) is 1.41. The Hall–Kier alpha value is -0.980. The fraction of sp³-hybridized carbons (Fsp3) is 0.929. The minimum Gasteiger partial charge on any atom is -0.370 e. The largest absolute Gasteiger partial charge is 0.401 e. The highest BCUT2D eigenvalue weighted by Gasteiger charge is 2.34. The number of rotatable bonds is 3. The smallest absolute Gasteiger partial charge is 0.370 e. The normalized spacial score (nSPS) is 26.1. The van der Waals surface area contributed by atoms with Gasteiger partial charge < -0.3 is 10.6 Å². The summed E-state index contributed by atoms with van der Waals surface area (Å²) in [4.78, 5) is 7.98. The van der Waals surface area contributed by atoms with Crippen molar-refractivity contribution in [1.82, 2.24) is 9.80 Å². The first kappa shape index (κ1) is 16.4. The third-order valence-corrected chi connectivity index (χ3v) is 4.21. The maximum atomic E-state index is 12.3. The lowest BCUT2D eigenvalue weighted by molar-refractivity contribution is -0.143. The summed E-state index contributed by atoms with van der Waals surface area (Å²) in [6, 6.07) is 0. The van der Waals surface area contributed by atoms with Crippen LogP contribution in [0, 0.1) is 5.92 Å². The average molecular weight is 306 g/mol. The van der Waals surface area contributed by atoms with Gasteiger partial charge in [0, 0.05) is 26.2 Å². The van der Waals surface area contributed by atoms with Crippen molar-refractivity contribution < 1.29 is 13.2 Å². The number of hydrogen-bond donors (Lipinski definition) is 1. The molecule has 4 nitrogen and oxygen atoms in total. The topological polar surface area (TPSA) is 44.9 Å². The van der Waals surface area contributed by atoms with Crippen LogP contribution in [0.5, 0.6) is 0 Å². The van der Waals surface area contributed by atoms with E-state index in [4.69, 9.17) is 5.73 Å². The second-order valence-corrected chi connectivity index (χ2v) is 6.11. The molecule has 2 heterocycles. The van der Waals surface area contributed by atoms with E-state index < -0.39 is 12.7 Å². The minimum atomic E-state index is -4.11. The Balaban J connectivity index is 1.76. The molecule has 0 aromatic carbocycles. The molecule has 2 saturated heterocycles. The Kier molecular flexibility index (Phi) is 5.72. The summed E-state index contributed by atoms with van der Waals surface area (Å²) in [7, 11) is 0. The number of hydrogen-bond acceptors (Lipinski definition) is 2. The van der Waals surface area contributed by atoms with E-state index in [1.807, 2.05) is 0 Å². The Morgan fingerprint density at radius 3 is 2.38 bits per heavy atom. The molecule has 1 unspecified atom stereocenters. The lowest BCUT2D eigenvalue weighted by Gasteiger charge is -2.21. The lowest BCUT2D eigenvalue weighted by Crippen LogP contribution is -2.38. The molecule has 2 fully saturated rings. The molecule has 7 heteroatoms. The van der Waals surface area contributed by atoms with Crippen molar-refractivity contribution in [2.45, 2.75) is 38.3 Å². The van der Waals surface area contributed by atoms with Crippen molar-refractivity contribution in [1.29, 1.82) is 0 Å². The SMILES string of the molecule is NC(=NCC1CCN(CC(F)(F)F)C1)N1CCCCCC1. The molecule has 0 bridgehead atoms. The summed E-state index contributed by atoms with van der Waals surface area (Å²) in [5.41, 5.74) is 6.01. The summed E-state index contributed by atoms with van der Waals surface area (Å²) in [6.45, 7) is 2.59. The minimum absolute atomic E-state index is 0.192. The second-order valence-electron chi connectivity index (χ2n) is 6.11. The standard InChI is InChI=1S/C14H25F3N4/c15-14(16,17)11-20-8-5-12(10-20)9-19-13(18)21-6-3-1-2-4-7-21/h12H,1-11H2,(H2,18,19). The molecular formula is C14H25F3N4. The second kappa shape index (κ2) is 7.33.